The lowest BCUT2D eigenvalue weighted by atomic mass is 9.93. The molecule has 1 N–H and O–H groups in total. The Morgan fingerprint density at radius 3 is 2.21 bits per heavy atom. The second kappa shape index (κ2) is 5.81. The van der Waals surface area contributed by atoms with Crippen LogP contribution in [-0.4, -0.2) is 24.3 Å². The van der Waals surface area contributed by atoms with Crippen LogP contribution in [0.3, 0.4) is 0 Å². The molecule has 0 aliphatic rings. The van der Waals surface area contributed by atoms with Crippen LogP contribution in [0.25, 0.3) is 0 Å². The topological polar surface area (TPSA) is 46.5 Å². The Morgan fingerprint density at radius 1 is 1.36 bits per heavy atom. The third-order valence-corrected chi connectivity index (χ3v) is 2.24. The van der Waals surface area contributed by atoms with Crippen LogP contribution in [0.2, 0.25) is 0 Å². The lowest BCUT2D eigenvalue weighted by molar-refractivity contribution is -0.136. The van der Waals surface area contributed by atoms with Gasteiger partial charge in [-0.1, -0.05) is 26.8 Å². The minimum atomic E-state index is -0.422. The molecule has 0 aromatic heterocycles. The minimum Gasteiger partial charge on any atom is -0.466 e. The fraction of sp³-hybridized carbons (Fsp3) is 0.727. The van der Waals surface area contributed by atoms with Crippen LogP contribution in [0.4, 0.5) is 0 Å². The van der Waals surface area contributed by atoms with Gasteiger partial charge in [-0.25, -0.2) is 4.79 Å². The summed E-state index contributed by atoms with van der Waals surface area (Å²) in [6.45, 7) is 7.47. The summed E-state index contributed by atoms with van der Waals surface area (Å²) in [5, 5.41) is 9.70. The number of aliphatic hydroxyl groups is 1. The number of hydrogen-bond donors (Lipinski definition) is 1. The Kier molecular flexibility index (Phi) is 5.46. The number of hydrogen-bond acceptors (Lipinski definition) is 3. The predicted molar refractivity (Wildman–Crippen MR) is 55.8 cm³/mol. The molecule has 82 valence electrons. The Hall–Kier alpha value is -0.830. The van der Waals surface area contributed by atoms with Crippen LogP contribution in [-0.2, 0) is 9.53 Å². The molecule has 0 fully saturated rings. The Morgan fingerprint density at radius 2 is 1.86 bits per heavy atom. The molecule has 0 heterocycles. The molecule has 0 spiro atoms. The van der Waals surface area contributed by atoms with E-state index in [0.717, 1.165) is 0 Å². The molecule has 0 aliphatic carbocycles. The number of esters is 1. The second-order valence-corrected chi connectivity index (χ2v) is 3.93. The van der Waals surface area contributed by atoms with E-state index in [1.165, 1.54) is 7.11 Å². The number of rotatable bonds is 4. The summed E-state index contributed by atoms with van der Waals surface area (Å²) >= 11 is 0. The second-order valence-electron chi connectivity index (χ2n) is 3.93. The van der Waals surface area contributed by atoms with E-state index < -0.39 is 6.10 Å². The maximum Gasteiger partial charge on any atom is 0.333 e. The van der Waals surface area contributed by atoms with E-state index >= 15 is 0 Å². The summed E-state index contributed by atoms with van der Waals surface area (Å²) in [7, 11) is 1.35. The molecular weight excluding hydrogens is 180 g/mol. The van der Waals surface area contributed by atoms with E-state index in [0.29, 0.717) is 5.57 Å². The smallest absolute Gasteiger partial charge is 0.333 e. The predicted octanol–water partition coefficient (Wildman–Crippen LogP) is 1.76. The standard InChI is InChI=1S/C11H20O3/c1-7(2)10(12)8(3)6-9(4)11(13)14-5/h6-8,10,12H,1-5H3/b9-6+/t8-,10+/m0/s1. The van der Waals surface area contributed by atoms with Crippen molar-refractivity contribution >= 4 is 5.97 Å². The Labute approximate surface area is 85.8 Å². The molecule has 3 nitrogen and oxygen atoms in total. The number of methoxy groups -OCH3 is 1. The first kappa shape index (κ1) is 13.2. The van der Waals surface area contributed by atoms with Crippen molar-refractivity contribution in [3.8, 4) is 0 Å². The van der Waals surface area contributed by atoms with Crippen LogP contribution in [0, 0.1) is 11.8 Å². The van der Waals surface area contributed by atoms with Gasteiger partial charge in [-0.05, 0) is 12.8 Å². The summed E-state index contributed by atoms with van der Waals surface area (Å²) in [5.74, 6) is -0.186. The molecule has 0 rings (SSSR count). The molecule has 0 saturated carbocycles. The van der Waals surface area contributed by atoms with Gasteiger partial charge in [0.1, 0.15) is 0 Å². The third-order valence-electron chi connectivity index (χ3n) is 2.24. The van der Waals surface area contributed by atoms with Crippen molar-refractivity contribution in [2.24, 2.45) is 11.8 Å². The molecule has 0 radical (unpaired) electrons. The van der Waals surface area contributed by atoms with E-state index in [2.05, 4.69) is 4.74 Å². The largest absolute Gasteiger partial charge is 0.466 e. The molecule has 0 aliphatic heterocycles. The fourth-order valence-electron chi connectivity index (χ4n) is 1.33. The molecule has 0 aromatic rings. The third kappa shape index (κ3) is 3.92. The van der Waals surface area contributed by atoms with Gasteiger partial charge in [0.25, 0.3) is 0 Å². The van der Waals surface area contributed by atoms with Gasteiger partial charge in [0.15, 0.2) is 0 Å². The minimum absolute atomic E-state index is 0.0332. The van der Waals surface area contributed by atoms with E-state index in [1.807, 2.05) is 20.8 Å². The molecule has 0 amide bonds. The number of aliphatic hydroxyl groups excluding tert-OH is 1. The summed E-state index contributed by atoms with van der Waals surface area (Å²) in [6.07, 6.45) is 1.32. The van der Waals surface area contributed by atoms with Gasteiger partial charge in [-0.15, -0.1) is 0 Å². The van der Waals surface area contributed by atoms with E-state index in [-0.39, 0.29) is 17.8 Å². The first-order valence-corrected chi connectivity index (χ1v) is 4.85. The highest BCUT2D eigenvalue weighted by atomic mass is 16.5. The van der Waals surface area contributed by atoms with Crippen molar-refractivity contribution in [2.45, 2.75) is 33.8 Å². The van der Waals surface area contributed by atoms with Gasteiger partial charge in [0.05, 0.1) is 13.2 Å². The van der Waals surface area contributed by atoms with Crippen LogP contribution < -0.4 is 0 Å². The number of carbonyl (C=O) groups excluding carboxylic acids is 1. The summed E-state index contributed by atoms with van der Waals surface area (Å²) in [4.78, 5) is 11.1. The van der Waals surface area contributed by atoms with Crippen molar-refractivity contribution < 1.29 is 14.6 Å². The first-order valence-electron chi connectivity index (χ1n) is 4.85. The SMILES string of the molecule is COC(=O)/C(C)=C/[C@H](C)[C@H](O)C(C)C. The molecule has 0 bridgehead atoms. The summed E-state index contributed by atoms with van der Waals surface area (Å²) in [6, 6.07) is 0. The Bertz CT molecular complexity index is 219. The first-order chi connectivity index (χ1) is 6.40. The zero-order valence-electron chi connectivity index (χ0n) is 9.57. The highest BCUT2D eigenvalue weighted by Crippen LogP contribution is 2.15. The van der Waals surface area contributed by atoms with Crippen molar-refractivity contribution in [3.63, 3.8) is 0 Å². The zero-order chi connectivity index (χ0) is 11.3. The average Bonchev–Trinajstić information content (AvgIpc) is 2.14. The average molecular weight is 200 g/mol. The maximum atomic E-state index is 11.1. The van der Waals surface area contributed by atoms with Gasteiger partial charge in [-0.3, -0.25) is 0 Å². The van der Waals surface area contributed by atoms with E-state index in [1.54, 1.807) is 13.0 Å². The highest BCUT2D eigenvalue weighted by molar-refractivity contribution is 5.87. The van der Waals surface area contributed by atoms with E-state index in [4.69, 9.17) is 0 Å². The van der Waals surface area contributed by atoms with Crippen molar-refractivity contribution in [1.29, 1.82) is 0 Å². The lowest BCUT2D eigenvalue weighted by Gasteiger charge is -2.19. The normalized spacial score (nSPS) is 16.6. The summed E-state index contributed by atoms with van der Waals surface area (Å²) in [5.41, 5.74) is 0.541. The quantitative estimate of drug-likeness (QED) is 0.555. The molecule has 0 saturated heterocycles. The number of ether oxygens (including phenoxy) is 1. The molecule has 0 aromatic carbocycles. The highest BCUT2D eigenvalue weighted by Gasteiger charge is 2.17. The van der Waals surface area contributed by atoms with Gasteiger partial charge in [0, 0.05) is 11.5 Å². The van der Waals surface area contributed by atoms with Crippen molar-refractivity contribution in [2.75, 3.05) is 7.11 Å². The lowest BCUT2D eigenvalue weighted by Crippen LogP contribution is -2.22. The zero-order valence-corrected chi connectivity index (χ0v) is 9.57. The van der Waals surface area contributed by atoms with Crippen LogP contribution >= 0.6 is 0 Å². The fourth-order valence-corrected chi connectivity index (χ4v) is 1.33. The molecule has 2 atom stereocenters. The van der Waals surface area contributed by atoms with Gasteiger partial charge in [-0.2, -0.15) is 0 Å². The van der Waals surface area contributed by atoms with Crippen molar-refractivity contribution in [3.05, 3.63) is 11.6 Å². The van der Waals surface area contributed by atoms with Gasteiger partial charge in [0.2, 0.25) is 0 Å². The van der Waals surface area contributed by atoms with Crippen molar-refractivity contribution in [1.82, 2.24) is 0 Å². The maximum absolute atomic E-state index is 11.1. The Balaban J connectivity index is 4.42. The van der Waals surface area contributed by atoms with Crippen LogP contribution in [0.15, 0.2) is 11.6 Å². The molecule has 3 heteroatoms. The van der Waals surface area contributed by atoms with Crippen LogP contribution in [0.5, 0.6) is 0 Å². The van der Waals surface area contributed by atoms with Gasteiger partial charge >= 0.3 is 5.97 Å². The summed E-state index contributed by atoms with van der Waals surface area (Å²) < 4.78 is 4.56. The molecule has 0 unspecified atom stereocenters. The monoisotopic (exact) mass is 200 g/mol. The van der Waals surface area contributed by atoms with Crippen LogP contribution in [0.1, 0.15) is 27.7 Å². The molecular formula is C11H20O3. The number of carbonyl (C=O) groups is 1. The molecule has 14 heavy (non-hydrogen) atoms. The van der Waals surface area contributed by atoms with Gasteiger partial charge < -0.3 is 9.84 Å². The van der Waals surface area contributed by atoms with E-state index in [9.17, 15) is 9.90 Å².